The average Bonchev–Trinajstić information content (AvgIpc) is 2.64. The molecule has 0 radical (unpaired) electrons. The van der Waals surface area contributed by atoms with E-state index in [4.69, 9.17) is 4.74 Å². The van der Waals surface area contributed by atoms with Gasteiger partial charge in [0, 0.05) is 26.7 Å². The van der Waals surface area contributed by atoms with Crippen molar-refractivity contribution >= 4 is 30.7 Å². The van der Waals surface area contributed by atoms with E-state index in [9.17, 15) is 4.79 Å². The number of halogens is 2. The molecule has 3 saturated heterocycles. The van der Waals surface area contributed by atoms with Gasteiger partial charge in [-0.25, -0.2) is 0 Å². The van der Waals surface area contributed by atoms with Crippen LogP contribution in [-0.2, 0) is 9.53 Å². The van der Waals surface area contributed by atoms with E-state index in [1.165, 1.54) is 38.9 Å². The zero-order valence-corrected chi connectivity index (χ0v) is 18.7. The van der Waals surface area contributed by atoms with Gasteiger partial charge in [-0.05, 0) is 76.5 Å². The van der Waals surface area contributed by atoms with Crippen LogP contribution in [0.1, 0.15) is 45.4 Å². The van der Waals surface area contributed by atoms with Crippen molar-refractivity contribution in [3.8, 4) is 0 Å². The molecule has 3 heterocycles. The van der Waals surface area contributed by atoms with E-state index in [0.29, 0.717) is 18.4 Å². The number of likely N-dealkylation sites (tertiary alicyclic amines) is 2. The summed E-state index contributed by atoms with van der Waals surface area (Å²) >= 11 is 0. The lowest BCUT2D eigenvalue weighted by Gasteiger charge is -2.43. The summed E-state index contributed by atoms with van der Waals surface area (Å²) in [5.74, 6) is 1.88. The summed E-state index contributed by atoms with van der Waals surface area (Å²) in [6.07, 6.45) is 6.91. The number of carbonyl (C=O) groups is 1. The lowest BCUT2D eigenvalue weighted by Crippen LogP contribution is -2.54. The van der Waals surface area contributed by atoms with Gasteiger partial charge in [-0.3, -0.25) is 4.79 Å². The van der Waals surface area contributed by atoms with Crippen LogP contribution < -0.4 is 5.32 Å². The number of piperidine rings is 3. The number of methoxy groups -OCH3 is 1. The maximum atomic E-state index is 13.4. The van der Waals surface area contributed by atoms with Crippen LogP contribution in [-0.4, -0.2) is 75.2 Å². The molecular formula is C20H39Cl2N3O2. The molecule has 0 aromatic heterocycles. The molecule has 0 bridgehead atoms. The second kappa shape index (κ2) is 11.8. The van der Waals surface area contributed by atoms with Gasteiger partial charge in [-0.2, -0.15) is 0 Å². The molecule has 3 fully saturated rings. The Morgan fingerprint density at radius 2 is 1.78 bits per heavy atom. The number of hydrogen-bond acceptors (Lipinski definition) is 4. The Balaban J connectivity index is 0.00000182. The predicted molar refractivity (Wildman–Crippen MR) is 115 cm³/mol. The first kappa shape index (κ1) is 25.0. The van der Waals surface area contributed by atoms with E-state index < -0.39 is 0 Å². The maximum absolute atomic E-state index is 13.4. The zero-order chi connectivity index (χ0) is 17.7. The molecule has 1 atom stereocenters. The molecule has 5 nitrogen and oxygen atoms in total. The molecule has 0 saturated carbocycles. The van der Waals surface area contributed by atoms with Gasteiger partial charge in [0.15, 0.2) is 0 Å². The molecule has 7 heteroatoms. The monoisotopic (exact) mass is 423 g/mol. The Hall–Kier alpha value is -0.0700. The normalized spacial score (nSPS) is 26.7. The van der Waals surface area contributed by atoms with Crippen LogP contribution in [0.4, 0.5) is 0 Å². The van der Waals surface area contributed by atoms with E-state index >= 15 is 0 Å². The summed E-state index contributed by atoms with van der Waals surface area (Å²) in [6, 6.07) is 0. The number of rotatable bonds is 5. The fourth-order valence-electron chi connectivity index (χ4n) is 4.95. The van der Waals surface area contributed by atoms with Gasteiger partial charge in [0.2, 0.25) is 5.91 Å². The molecule has 0 aliphatic carbocycles. The third-order valence-corrected chi connectivity index (χ3v) is 6.63. The van der Waals surface area contributed by atoms with E-state index in [0.717, 1.165) is 51.4 Å². The van der Waals surface area contributed by atoms with E-state index in [-0.39, 0.29) is 30.2 Å². The van der Waals surface area contributed by atoms with Crippen molar-refractivity contribution in [1.82, 2.24) is 15.1 Å². The Morgan fingerprint density at radius 1 is 1.11 bits per heavy atom. The quantitative estimate of drug-likeness (QED) is 0.737. The third kappa shape index (κ3) is 6.46. The zero-order valence-electron chi connectivity index (χ0n) is 17.1. The van der Waals surface area contributed by atoms with Crippen molar-refractivity contribution < 1.29 is 9.53 Å². The van der Waals surface area contributed by atoms with Crippen molar-refractivity contribution in [2.45, 2.75) is 45.4 Å². The number of hydrogen-bond donors (Lipinski definition) is 1. The van der Waals surface area contributed by atoms with Gasteiger partial charge in [0.1, 0.15) is 0 Å². The number of nitrogens with zero attached hydrogens (tertiary/aromatic N) is 2. The van der Waals surface area contributed by atoms with E-state index in [2.05, 4.69) is 22.0 Å². The van der Waals surface area contributed by atoms with Gasteiger partial charge >= 0.3 is 0 Å². The maximum Gasteiger partial charge on any atom is 0.231 e. The fraction of sp³-hybridized carbons (Fsp3) is 0.950. The Bertz CT molecular complexity index is 433. The first-order valence-electron chi connectivity index (χ1n) is 10.3. The van der Waals surface area contributed by atoms with Gasteiger partial charge in [-0.15, -0.1) is 24.8 Å². The molecule has 27 heavy (non-hydrogen) atoms. The molecular weight excluding hydrogens is 385 g/mol. The number of ether oxygens (including phenoxy) is 1. The molecule has 1 amide bonds. The molecule has 0 aromatic rings. The van der Waals surface area contributed by atoms with Crippen LogP contribution >= 0.6 is 24.8 Å². The highest BCUT2D eigenvalue weighted by Gasteiger charge is 2.43. The Kier molecular flexibility index (Phi) is 10.9. The highest BCUT2D eigenvalue weighted by molar-refractivity contribution is 5.85. The Labute approximate surface area is 177 Å². The highest BCUT2D eigenvalue weighted by atomic mass is 35.5. The standard InChI is InChI=1S/C20H37N3O2.2ClH/c1-17-5-12-22(13-6-17)14-18-4-3-11-23(15-18)19(24)20(16-25-2)7-9-21-10-8-20;;/h17-18,21H,3-16H2,1-2H3;2*1H. The second-order valence-electron chi connectivity index (χ2n) is 8.71. The van der Waals surface area contributed by atoms with Crippen molar-refractivity contribution in [1.29, 1.82) is 0 Å². The second-order valence-corrected chi connectivity index (χ2v) is 8.71. The van der Waals surface area contributed by atoms with E-state index in [1.54, 1.807) is 7.11 Å². The topological polar surface area (TPSA) is 44.8 Å². The molecule has 0 spiro atoms. The van der Waals surface area contributed by atoms with Crippen molar-refractivity contribution in [2.24, 2.45) is 17.3 Å². The number of amides is 1. The summed E-state index contributed by atoms with van der Waals surface area (Å²) in [5.41, 5.74) is -0.289. The van der Waals surface area contributed by atoms with Crippen LogP contribution in [0.3, 0.4) is 0 Å². The molecule has 1 unspecified atom stereocenters. The van der Waals surface area contributed by atoms with Gasteiger partial charge < -0.3 is 19.9 Å². The van der Waals surface area contributed by atoms with Crippen molar-refractivity contribution in [2.75, 3.05) is 59.5 Å². The minimum Gasteiger partial charge on any atom is -0.384 e. The molecule has 160 valence electrons. The highest BCUT2D eigenvalue weighted by Crippen LogP contribution is 2.33. The van der Waals surface area contributed by atoms with Gasteiger partial charge in [0.25, 0.3) is 0 Å². The summed E-state index contributed by atoms with van der Waals surface area (Å²) in [7, 11) is 1.73. The first-order chi connectivity index (χ1) is 12.1. The summed E-state index contributed by atoms with van der Waals surface area (Å²) in [5, 5.41) is 3.39. The van der Waals surface area contributed by atoms with Crippen LogP contribution in [0.2, 0.25) is 0 Å². The summed E-state index contributed by atoms with van der Waals surface area (Å²) < 4.78 is 5.47. The molecule has 3 aliphatic rings. The van der Waals surface area contributed by atoms with Crippen molar-refractivity contribution in [3.63, 3.8) is 0 Å². The van der Waals surface area contributed by atoms with Gasteiger partial charge in [-0.1, -0.05) is 6.92 Å². The lowest BCUT2D eigenvalue weighted by atomic mass is 9.77. The third-order valence-electron chi connectivity index (χ3n) is 6.63. The van der Waals surface area contributed by atoms with Crippen LogP contribution in [0.5, 0.6) is 0 Å². The smallest absolute Gasteiger partial charge is 0.231 e. The molecule has 0 aromatic carbocycles. The minimum atomic E-state index is -0.289. The number of nitrogens with one attached hydrogen (secondary N) is 1. The largest absolute Gasteiger partial charge is 0.384 e. The summed E-state index contributed by atoms with van der Waals surface area (Å²) in [4.78, 5) is 18.2. The SMILES string of the molecule is COCC1(C(=O)N2CCCC(CN3CCC(C)CC3)C2)CCNCC1.Cl.Cl. The lowest BCUT2D eigenvalue weighted by molar-refractivity contribution is -0.149. The minimum absolute atomic E-state index is 0. The number of carbonyl (C=O) groups excluding carboxylic acids is 1. The molecule has 3 aliphatic heterocycles. The van der Waals surface area contributed by atoms with Crippen LogP contribution in [0, 0.1) is 17.3 Å². The van der Waals surface area contributed by atoms with Crippen LogP contribution in [0.15, 0.2) is 0 Å². The van der Waals surface area contributed by atoms with E-state index in [1.807, 2.05) is 0 Å². The molecule has 3 rings (SSSR count). The van der Waals surface area contributed by atoms with Gasteiger partial charge in [0.05, 0.1) is 12.0 Å². The first-order valence-corrected chi connectivity index (χ1v) is 10.3. The predicted octanol–water partition coefficient (Wildman–Crippen LogP) is 2.82. The fourth-order valence-corrected chi connectivity index (χ4v) is 4.95. The summed E-state index contributed by atoms with van der Waals surface area (Å²) in [6.45, 7) is 10.3. The average molecular weight is 424 g/mol. The van der Waals surface area contributed by atoms with Crippen molar-refractivity contribution in [3.05, 3.63) is 0 Å². The van der Waals surface area contributed by atoms with Crippen LogP contribution in [0.25, 0.3) is 0 Å². The Morgan fingerprint density at radius 3 is 2.41 bits per heavy atom. The molecule has 1 N–H and O–H groups in total.